The molecule has 2 amide bonds. The van der Waals surface area contributed by atoms with Crippen LogP contribution in [0.2, 0.25) is 0 Å². The minimum absolute atomic E-state index is 0.189. The van der Waals surface area contributed by atoms with Crippen molar-refractivity contribution in [1.29, 1.82) is 0 Å². The van der Waals surface area contributed by atoms with Crippen molar-refractivity contribution < 1.29 is 19.5 Å². The van der Waals surface area contributed by atoms with E-state index in [0.29, 0.717) is 31.4 Å². The van der Waals surface area contributed by atoms with Crippen molar-refractivity contribution in [2.24, 2.45) is 5.92 Å². The zero-order chi connectivity index (χ0) is 19.1. The van der Waals surface area contributed by atoms with Crippen LogP contribution in [-0.4, -0.2) is 58.9 Å². The summed E-state index contributed by atoms with van der Waals surface area (Å²) in [5.74, 6) is -1.12. The second-order valence-electron chi connectivity index (χ2n) is 6.64. The van der Waals surface area contributed by atoms with Crippen LogP contribution in [-0.2, 0) is 9.59 Å². The van der Waals surface area contributed by atoms with E-state index in [1.807, 2.05) is 25.3 Å². The molecule has 26 heavy (non-hydrogen) atoms. The number of carbonyl (C=O) groups excluding carboxylic acids is 2. The molecule has 1 aromatic carbocycles. The van der Waals surface area contributed by atoms with E-state index in [2.05, 4.69) is 5.32 Å². The van der Waals surface area contributed by atoms with Crippen LogP contribution in [0.5, 0.6) is 0 Å². The molecule has 7 heteroatoms. The van der Waals surface area contributed by atoms with E-state index < -0.39 is 17.9 Å². The van der Waals surface area contributed by atoms with Gasteiger partial charge < -0.3 is 15.3 Å². The van der Waals surface area contributed by atoms with E-state index in [-0.39, 0.29) is 18.4 Å². The summed E-state index contributed by atoms with van der Waals surface area (Å²) in [5.41, 5.74) is 1.50. The predicted molar refractivity (Wildman–Crippen MR) is 102 cm³/mol. The molecule has 0 radical (unpaired) electrons. The molecule has 2 rings (SSSR count). The Kier molecular flexibility index (Phi) is 7.50. The fraction of sp³-hybridized carbons (Fsp3) is 0.526. The van der Waals surface area contributed by atoms with Gasteiger partial charge in [-0.1, -0.05) is 17.7 Å². The number of hydrogen-bond donors (Lipinski definition) is 2. The van der Waals surface area contributed by atoms with Crippen LogP contribution in [0.3, 0.4) is 0 Å². The molecule has 0 aromatic heterocycles. The van der Waals surface area contributed by atoms with Gasteiger partial charge in [0.05, 0.1) is 5.92 Å². The smallest absolute Gasteiger partial charge is 0.308 e. The highest BCUT2D eigenvalue weighted by Crippen LogP contribution is 2.18. The lowest BCUT2D eigenvalue weighted by Crippen LogP contribution is -2.52. The van der Waals surface area contributed by atoms with E-state index in [0.717, 1.165) is 11.3 Å². The quantitative estimate of drug-likeness (QED) is 0.759. The average Bonchev–Trinajstić information content (AvgIpc) is 2.64. The minimum atomic E-state index is -0.869. The molecule has 0 bridgehead atoms. The van der Waals surface area contributed by atoms with Gasteiger partial charge in [0.25, 0.3) is 5.91 Å². The molecule has 2 N–H and O–H groups in total. The fourth-order valence-electron chi connectivity index (χ4n) is 3.12. The van der Waals surface area contributed by atoms with Crippen LogP contribution in [0.15, 0.2) is 24.3 Å². The largest absolute Gasteiger partial charge is 0.481 e. The first kappa shape index (κ1) is 20.3. The van der Waals surface area contributed by atoms with Gasteiger partial charge in [0, 0.05) is 18.7 Å². The molecule has 1 saturated heterocycles. The predicted octanol–water partition coefficient (Wildman–Crippen LogP) is 2.17. The van der Waals surface area contributed by atoms with E-state index in [9.17, 15) is 19.5 Å². The summed E-state index contributed by atoms with van der Waals surface area (Å²) in [5, 5.41) is 12.1. The average molecular weight is 378 g/mol. The number of carboxylic acids is 1. The molecular formula is C19H26N2O4S. The zero-order valence-electron chi connectivity index (χ0n) is 15.2. The van der Waals surface area contributed by atoms with Crippen molar-refractivity contribution in [1.82, 2.24) is 10.2 Å². The molecule has 0 aliphatic carbocycles. The summed E-state index contributed by atoms with van der Waals surface area (Å²) >= 11 is 1.61. The summed E-state index contributed by atoms with van der Waals surface area (Å²) < 4.78 is 0. The van der Waals surface area contributed by atoms with E-state index >= 15 is 0 Å². The number of carboxylic acid groups (broad SMARTS) is 1. The Morgan fingerprint density at radius 1 is 1.38 bits per heavy atom. The SMILES string of the molecule is CSCCC(NC(=O)c1cccc(C)c1)C(=O)N1CCCC(C(=O)O)C1. The van der Waals surface area contributed by atoms with Gasteiger partial charge in [-0.25, -0.2) is 0 Å². The summed E-state index contributed by atoms with van der Waals surface area (Å²) in [7, 11) is 0. The number of amides is 2. The highest BCUT2D eigenvalue weighted by molar-refractivity contribution is 7.98. The van der Waals surface area contributed by atoms with Crippen molar-refractivity contribution in [3.63, 3.8) is 0 Å². The number of thioether (sulfide) groups is 1. The lowest BCUT2D eigenvalue weighted by Gasteiger charge is -2.33. The number of aliphatic carboxylic acids is 1. The Labute approximate surface area is 158 Å². The third-order valence-electron chi connectivity index (χ3n) is 4.58. The zero-order valence-corrected chi connectivity index (χ0v) is 16.1. The third-order valence-corrected chi connectivity index (χ3v) is 5.22. The number of nitrogens with one attached hydrogen (secondary N) is 1. The number of aryl methyl sites for hydroxylation is 1. The molecule has 142 valence electrons. The fourth-order valence-corrected chi connectivity index (χ4v) is 3.59. The van der Waals surface area contributed by atoms with Crippen molar-refractivity contribution in [3.05, 3.63) is 35.4 Å². The Bertz CT molecular complexity index is 665. The first-order valence-corrected chi connectivity index (χ1v) is 10.2. The lowest BCUT2D eigenvalue weighted by atomic mass is 9.97. The number of nitrogens with zero attached hydrogens (tertiary/aromatic N) is 1. The highest BCUT2D eigenvalue weighted by atomic mass is 32.2. The number of rotatable bonds is 7. The maximum atomic E-state index is 12.9. The van der Waals surface area contributed by atoms with Crippen LogP contribution < -0.4 is 5.32 Å². The number of likely N-dealkylation sites (tertiary alicyclic amines) is 1. The lowest BCUT2D eigenvalue weighted by molar-refractivity contribution is -0.146. The summed E-state index contributed by atoms with van der Waals surface area (Å²) in [6.45, 7) is 2.66. The first-order valence-electron chi connectivity index (χ1n) is 8.80. The third kappa shape index (κ3) is 5.49. The van der Waals surface area contributed by atoms with Gasteiger partial charge in [-0.05, 0) is 50.3 Å². The maximum absolute atomic E-state index is 12.9. The van der Waals surface area contributed by atoms with Crippen molar-refractivity contribution in [2.45, 2.75) is 32.2 Å². The number of hydrogen-bond acceptors (Lipinski definition) is 4. The summed E-state index contributed by atoms with van der Waals surface area (Å²) in [6.07, 6.45) is 3.73. The molecule has 1 aliphatic rings. The van der Waals surface area contributed by atoms with Crippen molar-refractivity contribution in [3.8, 4) is 0 Å². The van der Waals surface area contributed by atoms with Gasteiger partial charge in [0.15, 0.2) is 0 Å². The monoisotopic (exact) mass is 378 g/mol. The van der Waals surface area contributed by atoms with Crippen LogP contribution >= 0.6 is 11.8 Å². The molecule has 1 fully saturated rings. The molecule has 0 saturated carbocycles. The first-order chi connectivity index (χ1) is 12.4. The van der Waals surface area contributed by atoms with Crippen LogP contribution in [0.1, 0.15) is 35.2 Å². The van der Waals surface area contributed by atoms with E-state index in [4.69, 9.17) is 0 Å². The van der Waals surface area contributed by atoms with E-state index in [1.165, 1.54) is 0 Å². The van der Waals surface area contributed by atoms with Crippen LogP contribution in [0.25, 0.3) is 0 Å². The van der Waals surface area contributed by atoms with E-state index in [1.54, 1.807) is 28.8 Å². The molecular weight excluding hydrogens is 352 g/mol. The normalized spacial score (nSPS) is 18.2. The highest BCUT2D eigenvalue weighted by Gasteiger charge is 2.32. The van der Waals surface area contributed by atoms with Gasteiger partial charge in [-0.2, -0.15) is 11.8 Å². The summed E-state index contributed by atoms with van der Waals surface area (Å²) in [4.78, 5) is 38.3. The van der Waals surface area contributed by atoms with Crippen molar-refractivity contribution >= 4 is 29.5 Å². The summed E-state index contributed by atoms with van der Waals surface area (Å²) in [6, 6.07) is 6.59. The maximum Gasteiger partial charge on any atom is 0.308 e. The van der Waals surface area contributed by atoms with Gasteiger partial charge >= 0.3 is 5.97 Å². The van der Waals surface area contributed by atoms with Gasteiger partial charge in [-0.3, -0.25) is 14.4 Å². The molecule has 2 atom stereocenters. The van der Waals surface area contributed by atoms with Crippen molar-refractivity contribution in [2.75, 3.05) is 25.1 Å². The van der Waals surface area contributed by atoms with Crippen LogP contribution in [0, 0.1) is 12.8 Å². The Morgan fingerprint density at radius 2 is 2.15 bits per heavy atom. The number of benzene rings is 1. The Hall–Kier alpha value is -2.02. The standard InChI is InChI=1S/C19H26N2O4S/c1-13-5-3-6-14(11-13)17(22)20-16(8-10-26-2)18(23)21-9-4-7-15(12-21)19(24)25/h3,5-6,11,15-16H,4,7-10,12H2,1-2H3,(H,20,22)(H,24,25). The number of piperidine rings is 1. The number of carbonyl (C=O) groups is 3. The molecule has 1 heterocycles. The second kappa shape index (κ2) is 9.62. The molecule has 1 aliphatic heterocycles. The minimum Gasteiger partial charge on any atom is -0.481 e. The Balaban J connectivity index is 2.09. The molecule has 2 unspecified atom stereocenters. The molecule has 0 spiro atoms. The molecule has 6 nitrogen and oxygen atoms in total. The molecule has 1 aromatic rings. The van der Waals surface area contributed by atoms with Crippen LogP contribution in [0.4, 0.5) is 0 Å². The second-order valence-corrected chi connectivity index (χ2v) is 7.62. The topological polar surface area (TPSA) is 86.7 Å². The van der Waals surface area contributed by atoms with Gasteiger partial charge in [-0.15, -0.1) is 0 Å². The van der Waals surface area contributed by atoms with Gasteiger partial charge in [0.1, 0.15) is 6.04 Å². The Morgan fingerprint density at radius 3 is 2.81 bits per heavy atom. The van der Waals surface area contributed by atoms with Gasteiger partial charge in [0.2, 0.25) is 5.91 Å².